The molecule has 1 aliphatic heterocycles. The van der Waals surface area contributed by atoms with Crippen molar-refractivity contribution in [3.05, 3.63) is 35.9 Å². The van der Waals surface area contributed by atoms with Crippen LogP contribution in [-0.2, 0) is 11.2 Å². The molecule has 2 aliphatic carbocycles. The number of ether oxygens (including phenoxy) is 1. The highest BCUT2D eigenvalue weighted by molar-refractivity contribution is 5.86. The first kappa shape index (κ1) is 14.3. The van der Waals surface area contributed by atoms with Gasteiger partial charge in [-0.3, -0.25) is 0 Å². The molecule has 118 valence electrons. The van der Waals surface area contributed by atoms with Crippen molar-refractivity contribution in [3.63, 3.8) is 0 Å². The quantitative estimate of drug-likeness (QED) is 0.931. The van der Waals surface area contributed by atoms with Crippen molar-refractivity contribution in [2.24, 2.45) is 21.7 Å². The monoisotopic (exact) mass is 299 g/mol. The molecule has 4 rings (SSSR count). The summed E-state index contributed by atoms with van der Waals surface area (Å²) < 4.78 is 6.04. The Hall–Kier alpha value is -1.35. The molecule has 0 spiro atoms. The van der Waals surface area contributed by atoms with Crippen LogP contribution in [0, 0.1) is 16.7 Å². The second kappa shape index (κ2) is 4.82. The zero-order valence-electron chi connectivity index (χ0n) is 13.5. The normalized spacial score (nSPS) is 38.9. The number of fused-ring (bicyclic) bond motifs is 2. The lowest BCUT2D eigenvalue weighted by Gasteiger charge is -2.39. The van der Waals surface area contributed by atoms with Gasteiger partial charge in [-0.2, -0.15) is 0 Å². The molecule has 0 aromatic heterocycles. The van der Waals surface area contributed by atoms with Gasteiger partial charge in [0.15, 0.2) is 5.90 Å². The highest BCUT2D eigenvalue weighted by Crippen LogP contribution is 2.66. The fraction of sp³-hybridized carbons (Fsp3) is 0.632. The summed E-state index contributed by atoms with van der Waals surface area (Å²) in [6, 6.07) is 10.7. The van der Waals surface area contributed by atoms with Gasteiger partial charge in [-0.25, -0.2) is 4.99 Å². The van der Waals surface area contributed by atoms with Crippen LogP contribution < -0.4 is 0 Å². The lowest BCUT2D eigenvalue weighted by Crippen LogP contribution is -2.46. The lowest BCUT2D eigenvalue weighted by molar-refractivity contribution is 0.0355. The molecule has 1 N–H and O–H groups in total. The number of aliphatic hydroxyl groups is 1. The predicted octanol–water partition coefficient (Wildman–Crippen LogP) is 3.21. The van der Waals surface area contributed by atoms with Crippen LogP contribution >= 0.6 is 0 Å². The molecule has 0 radical (unpaired) electrons. The van der Waals surface area contributed by atoms with E-state index in [0.29, 0.717) is 12.5 Å². The molecule has 1 unspecified atom stereocenters. The van der Waals surface area contributed by atoms with Crippen LogP contribution in [-0.4, -0.2) is 29.8 Å². The van der Waals surface area contributed by atoms with E-state index < -0.39 is 0 Å². The van der Waals surface area contributed by atoms with Crippen LogP contribution in [0.3, 0.4) is 0 Å². The van der Waals surface area contributed by atoms with Crippen molar-refractivity contribution in [3.8, 4) is 0 Å². The van der Waals surface area contributed by atoms with Crippen molar-refractivity contribution in [1.82, 2.24) is 0 Å². The third-order valence-corrected chi connectivity index (χ3v) is 6.54. The number of nitrogens with zero attached hydrogens (tertiary/aromatic N) is 1. The molecule has 2 bridgehead atoms. The molecule has 2 fully saturated rings. The number of hydrogen-bond acceptors (Lipinski definition) is 3. The predicted molar refractivity (Wildman–Crippen MR) is 86.9 cm³/mol. The molecule has 4 atom stereocenters. The van der Waals surface area contributed by atoms with Gasteiger partial charge in [0.2, 0.25) is 0 Å². The molecule has 3 heteroatoms. The third kappa shape index (κ3) is 1.81. The van der Waals surface area contributed by atoms with Crippen LogP contribution in [0.2, 0.25) is 0 Å². The van der Waals surface area contributed by atoms with Gasteiger partial charge in [0.25, 0.3) is 0 Å². The fourth-order valence-electron chi connectivity index (χ4n) is 5.10. The van der Waals surface area contributed by atoms with Crippen LogP contribution in [0.15, 0.2) is 35.3 Å². The SMILES string of the molecule is CC1(C)[C@@H]2CC[C@]1(C1=NC(Cc3ccccc3)CO1)[C@H](O)C2. The minimum absolute atomic E-state index is 0.0902. The molecule has 22 heavy (non-hydrogen) atoms. The number of aliphatic imine (C=N–C) groups is 1. The molecule has 0 saturated heterocycles. The Labute approximate surface area is 132 Å². The summed E-state index contributed by atoms with van der Waals surface area (Å²) in [4.78, 5) is 4.92. The Bertz CT molecular complexity index is 595. The van der Waals surface area contributed by atoms with E-state index in [0.717, 1.165) is 25.2 Å². The van der Waals surface area contributed by atoms with E-state index in [9.17, 15) is 5.11 Å². The maximum Gasteiger partial charge on any atom is 0.193 e. The second-order valence-electron chi connectivity index (χ2n) is 7.77. The van der Waals surface area contributed by atoms with Crippen LogP contribution in [0.25, 0.3) is 0 Å². The topological polar surface area (TPSA) is 41.8 Å². The molecule has 1 aromatic rings. The summed E-state index contributed by atoms with van der Waals surface area (Å²) in [6.07, 6.45) is 3.73. The van der Waals surface area contributed by atoms with E-state index in [-0.39, 0.29) is 23.0 Å². The maximum absolute atomic E-state index is 10.7. The van der Waals surface area contributed by atoms with Crippen LogP contribution in [0.5, 0.6) is 0 Å². The number of aliphatic hydroxyl groups excluding tert-OH is 1. The molecule has 0 amide bonds. The molecule has 3 aliphatic rings. The summed E-state index contributed by atoms with van der Waals surface area (Å²) in [5, 5.41) is 10.7. The van der Waals surface area contributed by atoms with Crippen molar-refractivity contribution < 1.29 is 9.84 Å². The van der Waals surface area contributed by atoms with Gasteiger partial charge >= 0.3 is 0 Å². The van der Waals surface area contributed by atoms with Gasteiger partial charge in [-0.15, -0.1) is 0 Å². The zero-order chi connectivity index (χ0) is 15.4. The highest BCUT2D eigenvalue weighted by Gasteiger charge is 2.67. The third-order valence-electron chi connectivity index (χ3n) is 6.54. The Balaban J connectivity index is 1.60. The molecule has 2 saturated carbocycles. The first-order valence-corrected chi connectivity index (χ1v) is 8.47. The van der Waals surface area contributed by atoms with Gasteiger partial charge in [-0.1, -0.05) is 44.2 Å². The van der Waals surface area contributed by atoms with Crippen LogP contribution in [0.4, 0.5) is 0 Å². The number of hydrogen-bond donors (Lipinski definition) is 1. The minimum Gasteiger partial charge on any atom is -0.478 e. The van der Waals surface area contributed by atoms with E-state index >= 15 is 0 Å². The largest absolute Gasteiger partial charge is 0.478 e. The smallest absolute Gasteiger partial charge is 0.193 e. The fourth-order valence-corrected chi connectivity index (χ4v) is 5.10. The van der Waals surface area contributed by atoms with E-state index in [1.165, 1.54) is 12.0 Å². The standard InChI is InChI=1S/C19H25NO2/c1-18(2)14-8-9-19(18,16(21)11-14)17-20-15(12-22-17)10-13-6-4-3-5-7-13/h3-7,14-16,21H,8-12H2,1-2H3/t14-,15?,16-,19-/m1/s1. The summed E-state index contributed by atoms with van der Waals surface area (Å²) in [5.41, 5.74) is 1.14. The maximum atomic E-state index is 10.7. The average molecular weight is 299 g/mol. The van der Waals surface area contributed by atoms with Gasteiger partial charge in [0.05, 0.1) is 17.6 Å². The molecular weight excluding hydrogens is 274 g/mol. The van der Waals surface area contributed by atoms with Gasteiger partial charge in [-0.05, 0) is 42.6 Å². The van der Waals surface area contributed by atoms with E-state index in [2.05, 4.69) is 38.1 Å². The average Bonchev–Trinajstić information content (AvgIpc) is 3.10. The van der Waals surface area contributed by atoms with E-state index in [4.69, 9.17) is 9.73 Å². The van der Waals surface area contributed by atoms with Gasteiger partial charge in [0, 0.05) is 0 Å². The van der Waals surface area contributed by atoms with Crippen molar-refractivity contribution in [2.45, 2.75) is 51.7 Å². The summed E-state index contributed by atoms with van der Waals surface area (Å²) in [5.74, 6) is 1.44. The molecule has 1 heterocycles. The first-order chi connectivity index (χ1) is 10.5. The Morgan fingerprint density at radius 2 is 2.05 bits per heavy atom. The molecular formula is C19H25NO2. The van der Waals surface area contributed by atoms with Crippen molar-refractivity contribution >= 4 is 5.90 Å². The Morgan fingerprint density at radius 3 is 2.68 bits per heavy atom. The Morgan fingerprint density at radius 1 is 1.27 bits per heavy atom. The summed E-state index contributed by atoms with van der Waals surface area (Å²) in [7, 11) is 0. The minimum atomic E-state index is -0.296. The van der Waals surface area contributed by atoms with Gasteiger partial charge in [0.1, 0.15) is 6.61 Å². The highest BCUT2D eigenvalue weighted by atomic mass is 16.5. The molecule has 3 nitrogen and oxygen atoms in total. The van der Waals surface area contributed by atoms with Crippen LogP contribution in [0.1, 0.15) is 38.7 Å². The summed E-state index contributed by atoms with van der Waals surface area (Å²) >= 11 is 0. The molecule has 1 aromatic carbocycles. The number of benzene rings is 1. The zero-order valence-corrected chi connectivity index (χ0v) is 13.5. The lowest BCUT2D eigenvalue weighted by atomic mass is 9.68. The summed E-state index contributed by atoms with van der Waals surface area (Å²) in [6.45, 7) is 5.23. The first-order valence-electron chi connectivity index (χ1n) is 8.47. The second-order valence-corrected chi connectivity index (χ2v) is 7.77. The number of rotatable bonds is 3. The van der Waals surface area contributed by atoms with Crippen molar-refractivity contribution in [1.29, 1.82) is 0 Å². The Kier molecular flexibility index (Phi) is 3.12. The van der Waals surface area contributed by atoms with Crippen molar-refractivity contribution in [2.75, 3.05) is 6.61 Å². The van der Waals surface area contributed by atoms with E-state index in [1.807, 2.05) is 6.07 Å². The van der Waals surface area contributed by atoms with E-state index in [1.54, 1.807) is 0 Å². The van der Waals surface area contributed by atoms with Gasteiger partial charge < -0.3 is 9.84 Å².